The Bertz CT molecular complexity index is 271. The van der Waals surface area contributed by atoms with E-state index in [4.69, 9.17) is 5.11 Å². The van der Waals surface area contributed by atoms with Crippen LogP contribution in [0.5, 0.6) is 0 Å². The second-order valence-corrected chi connectivity index (χ2v) is 3.98. The zero-order chi connectivity index (χ0) is 9.84. The van der Waals surface area contributed by atoms with Gasteiger partial charge in [0.25, 0.3) is 0 Å². The molecule has 0 saturated heterocycles. The number of nitrogens with zero attached hydrogens (tertiary/aromatic N) is 1. The van der Waals surface area contributed by atoms with E-state index in [0.29, 0.717) is 0 Å². The van der Waals surface area contributed by atoms with Crippen molar-refractivity contribution in [3.8, 4) is 0 Å². The summed E-state index contributed by atoms with van der Waals surface area (Å²) in [6, 6.07) is 4.18. The standard InChI is InChI=1S/C9H13NO2S/c1-7(8-4-3-5-13-8)10(2)6-9(11)12/h3-5,7H,6H2,1-2H3,(H,11,12). The summed E-state index contributed by atoms with van der Waals surface area (Å²) >= 11 is 1.65. The van der Waals surface area contributed by atoms with Crippen LogP contribution in [0.2, 0.25) is 0 Å². The van der Waals surface area contributed by atoms with Crippen molar-refractivity contribution in [1.29, 1.82) is 0 Å². The van der Waals surface area contributed by atoms with Crippen LogP contribution < -0.4 is 0 Å². The van der Waals surface area contributed by atoms with E-state index in [1.165, 1.54) is 4.88 Å². The van der Waals surface area contributed by atoms with Gasteiger partial charge in [0, 0.05) is 10.9 Å². The third-order valence-corrected chi connectivity index (χ3v) is 3.04. The molecule has 0 aliphatic carbocycles. The fourth-order valence-electron chi connectivity index (χ4n) is 1.10. The summed E-state index contributed by atoms with van der Waals surface area (Å²) in [6.07, 6.45) is 0. The first-order valence-electron chi connectivity index (χ1n) is 4.06. The molecule has 1 heterocycles. The number of hydrogen-bond donors (Lipinski definition) is 1. The molecule has 3 nitrogen and oxygen atoms in total. The van der Waals surface area contributed by atoms with Crippen LogP contribution in [-0.4, -0.2) is 29.6 Å². The first kappa shape index (κ1) is 10.2. The van der Waals surface area contributed by atoms with Gasteiger partial charge in [-0.25, -0.2) is 0 Å². The Balaban J connectivity index is 2.57. The zero-order valence-corrected chi connectivity index (χ0v) is 8.54. The van der Waals surface area contributed by atoms with Crippen LogP contribution in [0.15, 0.2) is 17.5 Å². The maximum Gasteiger partial charge on any atom is 0.317 e. The first-order valence-corrected chi connectivity index (χ1v) is 4.94. The topological polar surface area (TPSA) is 40.5 Å². The minimum absolute atomic E-state index is 0.0824. The first-order chi connectivity index (χ1) is 6.11. The molecule has 0 bridgehead atoms. The van der Waals surface area contributed by atoms with Gasteiger partial charge in [0.2, 0.25) is 0 Å². The molecule has 1 unspecified atom stereocenters. The molecule has 1 aromatic rings. The van der Waals surface area contributed by atoms with Crippen molar-refractivity contribution in [2.24, 2.45) is 0 Å². The maximum atomic E-state index is 10.4. The van der Waals surface area contributed by atoms with Gasteiger partial charge >= 0.3 is 5.97 Å². The van der Waals surface area contributed by atoms with E-state index in [2.05, 4.69) is 0 Å². The van der Waals surface area contributed by atoms with Crippen molar-refractivity contribution >= 4 is 17.3 Å². The highest BCUT2D eigenvalue weighted by Gasteiger charge is 2.14. The van der Waals surface area contributed by atoms with Crippen molar-refractivity contribution in [2.45, 2.75) is 13.0 Å². The molecule has 0 amide bonds. The lowest BCUT2D eigenvalue weighted by Crippen LogP contribution is -2.27. The van der Waals surface area contributed by atoms with Crippen molar-refractivity contribution < 1.29 is 9.90 Å². The fourth-order valence-corrected chi connectivity index (χ4v) is 1.94. The number of hydrogen-bond acceptors (Lipinski definition) is 3. The Morgan fingerprint density at radius 2 is 2.46 bits per heavy atom. The summed E-state index contributed by atoms with van der Waals surface area (Å²) in [5.74, 6) is -0.786. The van der Waals surface area contributed by atoms with Gasteiger partial charge in [-0.05, 0) is 25.4 Å². The zero-order valence-electron chi connectivity index (χ0n) is 7.73. The highest BCUT2D eigenvalue weighted by atomic mass is 32.1. The van der Waals surface area contributed by atoms with E-state index in [9.17, 15) is 4.79 Å². The summed E-state index contributed by atoms with van der Waals surface area (Å²) in [7, 11) is 1.82. The lowest BCUT2D eigenvalue weighted by atomic mass is 10.2. The minimum Gasteiger partial charge on any atom is -0.480 e. The number of thiophene rings is 1. The lowest BCUT2D eigenvalue weighted by molar-refractivity contribution is -0.138. The van der Waals surface area contributed by atoms with Crippen LogP contribution >= 0.6 is 11.3 Å². The molecule has 0 fully saturated rings. The van der Waals surface area contributed by atoms with Gasteiger partial charge in [0.05, 0.1) is 6.54 Å². The monoisotopic (exact) mass is 199 g/mol. The second kappa shape index (κ2) is 4.39. The van der Waals surface area contributed by atoms with Gasteiger partial charge in [-0.1, -0.05) is 6.07 Å². The summed E-state index contributed by atoms with van der Waals surface area (Å²) in [5, 5.41) is 10.6. The van der Waals surface area contributed by atoms with E-state index in [1.54, 1.807) is 11.3 Å². The third-order valence-electron chi connectivity index (χ3n) is 2.00. The van der Waals surface area contributed by atoms with Gasteiger partial charge in [-0.15, -0.1) is 11.3 Å². The Hall–Kier alpha value is -0.870. The van der Waals surface area contributed by atoms with E-state index in [-0.39, 0.29) is 12.6 Å². The molecule has 1 N–H and O–H groups in total. The fraction of sp³-hybridized carbons (Fsp3) is 0.444. The quantitative estimate of drug-likeness (QED) is 0.804. The summed E-state index contributed by atoms with van der Waals surface area (Å²) in [6.45, 7) is 2.09. The molecule has 0 spiro atoms. The Morgan fingerprint density at radius 3 is 2.92 bits per heavy atom. The summed E-state index contributed by atoms with van der Waals surface area (Å²) in [5.41, 5.74) is 0. The molecule has 0 aromatic carbocycles. The number of aliphatic carboxylic acids is 1. The largest absolute Gasteiger partial charge is 0.480 e. The predicted octanol–water partition coefficient (Wildman–Crippen LogP) is 1.83. The van der Waals surface area contributed by atoms with E-state index < -0.39 is 5.97 Å². The number of rotatable bonds is 4. The van der Waals surface area contributed by atoms with Crippen molar-refractivity contribution in [2.75, 3.05) is 13.6 Å². The summed E-state index contributed by atoms with van der Waals surface area (Å²) < 4.78 is 0. The Labute approximate surface area is 81.6 Å². The molecule has 4 heteroatoms. The molecular formula is C9H13NO2S. The third kappa shape index (κ3) is 2.82. The average molecular weight is 199 g/mol. The van der Waals surface area contributed by atoms with Gasteiger partial charge in [-0.3, -0.25) is 9.69 Å². The van der Waals surface area contributed by atoms with Crippen LogP contribution in [0.1, 0.15) is 17.8 Å². The van der Waals surface area contributed by atoms with Gasteiger partial charge in [-0.2, -0.15) is 0 Å². The molecule has 13 heavy (non-hydrogen) atoms. The van der Waals surface area contributed by atoms with Crippen LogP contribution in [-0.2, 0) is 4.79 Å². The smallest absolute Gasteiger partial charge is 0.317 e. The molecule has 0 aliphatic rings. The highest BCUT2D eigenvalue weighted by Crippen LogP contribution is 2.22. The number of carbonyl (C=O) groups is 1. The molecule has 0 radical (unpaired) electrons. The molecule has 0 aliphatic heterocycles. The SMILES string of the molecule is CC(c1cccs1)N(C)CC(=O)O. The second-order valence-electron chi connectivity index (χ2n) is 3.00. The van der Waals surface area contributed by atoms with Crippen LogP contribution in [0, 0.1) is 0 Å². The maximum absolute atomic E-state index is 10.4. The molecular weight excluding hydrogens is 186 g/mol. The average Bonchev–Trinajstić information content (AvgIpc) is 2.53. The minimum atomic E-state index is -0.786. The lowest BCUT2D eigenvalue weighted by Gasteiger charge is -2.21. The van der Waals surface area contributed by atoms with E-state index >= 15 is 0 Å². The highest BCUT2D eigenvalue weighted by molar-refractivity contribution is 7.10. The predicted molar refractivity (Wildman–Crippen MR) is 53.0 cm³/mol. The molecule has 1 aromatic heterocycles. The van der Waals surface area contributed by atoms with Crippen molar-refractivity contribution in [3.05, 3.63) is 22.4 Å². The van der Waals surface area contributed by atoms with Crippen molar-refractivity contribution in [1.82, 2.24) is 4.90 Å². The molecule has 1 atom stereocenters. The molecule has 72 valence electrons. The normalized spacial score (nSPS) is 13.2. The molecule has 1 rings (SSSR count). The van der Waals surface area contributed by atoms with Gasteiger partial charge < -0.3 is 5.11 Å². The number of likely N-dealkylation sites (N-methyl/N-ethyl adjacent to an activating group) is 1. The van der Waals surface area contributed by atoms with Crippen LogP contribution in [0.3, 0.4) is 0 Å². The van der Waals surface area contributed by atoms with Crippen LogP contribution in [0.25, 0.3) is 0 Å². The molecule has 0 saturated carbocycles. The Kier molecular flexibility index (Phi) is 3.45. The van der Waals surface area contributed by atoms with E-state index in [1.807, 2.05) is 36.4 Å². The van der Waals surface area contributed by atoms with Gasteiger partial charge in [0.15, 0.2) is 0 Å². The van der Waals surface area contributed by atoms with Gasteiger partial charge in [0.1, 0.15) is 0 Å². The Morgan fingerprint density at radius 1 is 1.77 bits per heavy atom. The number of carboxylic acids is 1. The van der Waals surface area contributed by atoms with Crippen LogP contribution in [0.4, 0.5) is 0 Å². The summed E-state index contributed by atoms with van der Waals surface area (Å²) in [4.78, 5) is 13.5. The van der Waals surface area contributed by atoms with Crippen molar-refractivity contribution in [3.63, 3.8) is 0 Å². The van der Waals surface area contributed by atoms with E-state index in [0.717, 1.165) is 0 Å². The number of carboxylic acid groups (broad SMARTS) is 1.